The van der Waals surface area contributed by atoms with Crippen LogP contribution in [0.15, 0.2) is 48.8 Å². The number of nitrogens with one attached hydrogen (secondary N) is 3. The number of aromatic nitrogens is 1. The van der Waals surface area contributed by atoms with Crippen molar-refractivity contribution < 1.29 is 14.3 Å². The van der Waals surface area contributed by atoms with Crippen LogP contribution in [-0.2, 0) is 9.53 Å². The van der Waals surface area contributed by atoms with E-state index in [9.17, 15) is 9.59 Å². The summed E-state index contributed by atoms with van der Waals surface area (Å²) >= 11 is 0. The second-order valence-electron chi connectivity index (χ2n) is 8.10. The van der Waals surface area contributed by atoms with Crippen LogP contribution in [0.5, 0.6) is 0 Å². The maximum absolute atomic E-state index is 13.0. The highest BCUT2D eigenvalue weighted by Crippen LogP contribution is 2.29. The number of rotatable bonds is 8. The Morgan fingerprint density at radius 2 is 1.83 bits per heavy atom. The zero-order valence-electron chi connectivity index (χ0n) is 17.0. The summed E-state index contributed by atoms with van der Waals surface area (Å²) in [5.41, 5.74) is 2.21. The molecule has 2 aromatic rings. The van der Waals surface area contributed by atoms with Crippen molar-refractivity contribution in [1.29, 1.82) is 0 Å². The minimum Gasteiger partial charge on any atom is -0.377 e. The number of benzene rings is 1. The van der Waals surface area contributed by atoms with Crippen LogP contribution in [0.2, 0.25) is 0 Å². The Morgan fingerprint density at radius 1 is 1.07 bits per heavy atom. The van der Waals surface area contributed by atoms with E-state index in [1.165, 1.54) is 12.8 Å². The van der Waals surface area contributed by atoms with Crippen LogP contribution in [0.3, 0.4) is 0 Å². The van der Waals surface area contributed by atoms with Crippen molar-refractivity contribution in [1.82, 2.24) is 15.6 Å². The predicted octanol–water partition coefficient (Wildman–Crippen LogP) is 3.02. The maximum Gasteiger partial charge on any atom is 0.252 e. The molecule has 1 saturated heterocycles. The Hall–Kier alpha value is -2.93. The second-order valence-corrected chi connectivity index (χ2v) is 8.10. The van der Waals surface area contributed by atoms with Crippen molar-refractivity contribution in [2.24, 2.45) is 5.92 Å². The van der Waals surface area contributed by atoms with Crippen LogP contribution in [-0.4, -0.2) is 42.1 Å². The Labute approximate surface area is 176 Å². The molecule has 3 N–H and O–H groups in total. The van der Waals surface area contributed by atoms with Gasteiger partial charge in [0, 0.05) is 29.3 Å². The first kappa shape index (κ1) is 20.3. The zero-order chi connectivity index (χ0) is 20.8. The van der Waals surface area contributed by atoms with Crippen LogP contribution < -0.4 is 16.0 Å². The van der Waals surface area contributed by atoms with E-state index < -0.39 is 6.04 Å². The lowest BCUT2D eigenvalue weighted by Gasteiger charge is -2.29. The van der Waals surface area contributed by atoms with E-state index in [1.807, 2.05) is 24.3 Å². The topological polar surface area (TPSA) is 92.4 Å². The summed E-state index contributed by atoms with van der Waals surface area (Å²) in [4.78, 5) is 29.8. The van der Waals surface area contributed by atoms with Gasteiger partial charge < -0.3 is 20.7 Å². The molecule has 30 heavy (non-hydrogen) atoms. The largest absolute Gasteiger partial charge is 0.377 e. The fraction of sp³-hybridized carbons (Fsp3) is 0.435. The number of ether oxygens (including phenoxy) is 1. The van der Waals surface area contributed by atoms with Crippen molar-refractivity contribution in [3.63, 3.8) is 0 Å². The van der Waals surface area contributed by atoms with Gasteiger partial charge in [-0.05, 0) is 42.7 Å². The number of hydrogen-bond acceptors (Lipinski definition) is 5. The van der Waals surface area contributed by atoms with Gasteiger partial charge in [0.15, 0.2) is 0 Å². The highest BCUT2D eigenvalue weighted by Gasteiger charge is 2.30. The smallest absolute Gasteiger partial charge is 0.252 e. The third-order valence-electron chi connectivity index (χ3n) is 5.74. The molecule has 0 spiro atoms. The number of anilines is 2. The van der Waals surface area contributed by atoms with Crippen LogP contribution in [0.1, 0.15) is 42.5 Å². The predicted molar refractivity (Wildman–Crippen MR) is 115 cm³/mol. The number of nitrogens with zero attached hydrogens (tertiary/aromatic N) is 1. The van der Waals surface area contributed by atoms with Gasteiger partial charge in [0.1, 0.15) is 6.04 Å². The number of carbonyl (C=O) groups excluding carboxylic acids is 2. The normalized spacial score (nSPS) is 17.7. The Bertz CT molecular complexity index is 864. The molecule has 1 atom stereocenters. The van der Waals surface area contributed by atoms with E-state index in [1.54, 1.807) is 24.5 Å². The number of amides is 2. The van der Waals surface area contributed by atoms with Crippen molar-refractivity contribution in [3.8, 4) is 0 Å². The molecule has 4 rings (SSSR count). The Morgan fingerprint density at radius 3 is 2.53 bits per heavy atom. The van der Waals surface area contributed by atoms with E-state index in [-0.39, 0.29) is 17.9 Å². The van der Waals surface area contributed by atoms with Gasteiger partial charge in [0.25, 0.3) is 5.91 Å². The Balaban J connectivity index is 1.42. The number of carbonyl (C=O) groups is 2. The molecular formula is C23H28N4O3. The second kappa shape index (κ2) is 9.71. The summed E-state index contributed by atoms with van der Waals surface area (Å²) in [5.74, 6) is 0.129. The summed E-state index contributed by atoms with van der Waals surface area (Å²) in [6.07, 6.45) is 8.74. The lowest BCUT2D eigenvalue weighted by molar-refractivity contribution is -0.127. The monoisotopic (exact) mass is 408 g/mol. The van der Waals surface area contributed by atoms with Crippen LogP contribution in [0, 0.1) is 5.92 Å². The molecule has 1 saturated carbocycles. The SMILES string of the molecule is O=C(N[C@@H](CC1CCCC1)C(=O)NC1COC1)c1cccc(Nc2ccncc2)c1. The van der Waals surface area contributed by atoms with E-state index in [4.69, 9.17) is 4.74 Å². The standard InChI is InChI=1S/C23H28N4O3/c28-22(17-6-3-7-19(13-17)25-18-8-10-24-11-9-18)27-21(12-16-4-1-2-5-16)23(29)26-20-14-30-15-20/h3,6-11,13,16,20-21H,1-2,4-5,12,14-15H2,(H,24,25)(H,26,29)(H,27,28)/t21-/m0/s1. The first-order chi connectivity index (χ1) is 14.7. The molecule has 1 aromatic carbocycles. The first-order valence-electron chi connectivity index (χ1n) is 10.6. The number of hydrogen-bond donors (Lipinski definition) is 3. The molecule has 0 radical (unpaired) electrons. The van der Waals surface area contributed by atoms with Crippen molar-refractivity contribution in [3.05, 3.63) is 54.4 Å². The molecule has 2 aliphatic rings. The minimum atomic E-state index is -0.530. The van der Waals surface area contributed by atoms with E-state index in [0.717, 1.165) is 24.2 Å². The van der Waals surface area contributed by atoms with Crippen molar-refractivity contribution in [2.75, 3.05) is 18.5 Å². The average molecular weight is 409 g/mol. The fourth-order valence-electron chi connectivity index (χ4n) is 4.01. The summed E-state index contributed by atoms with van der Waals surface area (Å²) in [7, 11) is 0. The van der Waals surface area contributed by atoms with Crippen LogP contribution in [0.4, 0.5) is 11.4 Å². The summed E-state index contributed by atoms with van der Waals surface area (Å²) in [6.45, 7) is 1.08. The molecule has 7 heteroatoms. The third kappa shape index (κ3) is 5.36. The van der Waals surface area contributed by atoms with Gasteiger partial charge in [0.05, 0.1) is 19.3 Å². The summed E-state index contributed by atoms with van der Waals surface area (Å²) in [6, 6.07) is 10.5. The number of pyridine rings is 1. The van der Waals surface area contributed by atoms with Gasteiger partial charge in [-0.15, -0.1) is 0 Å². The lowest BCUT2D eigenvalue weighted by Crippen LogP contribution is -2.55. The molecular weight excluding hydrogens is 380 g/mol. The van der Waals surface area contributed by atoms with Crippen LogP contribution in [0.25, 0.3) is 0 Å². The molecule has 2 heterocycles. The van der Waals surface area contributed by atoms with E-state index >= 15 is 0 Å². The first-order valence-corrected chi connectivity index (χ1v) is 10.6. The van der Waals surface area contributed by atoms with Crippen molar-refractivity contribution >= 4 is 23.2 Å². The fourth-order valence-corrected chi connectivity index (χ4v) is 4.01. The molecule has 158 valence electrons. The third-order valence-corrected chi connectivity index (χ3v) is 5.74. The maximum atomic E-state index is 13.0. The van der Waals surface area contributed by atoms with Gasteiger partial charge in [-0.2, -0.15) is 0 Å². The zero-order valence-corrected chi connectivity index (χ0v) is 17.0. The highest BCUT2D eigenvalue weighted by atomic mass is 16.5. The minimum absolute atomic E-state index is 0.0494. The quantitative estimate of drug-likeness (QED) is 0.624. The molecule has 2 fully saturated rings. The molecule has 1 aromatic heterocycles. The molecule has 1 aliphatic carbocycles. The van der Waals surface area contributed by atoms with Gasteiger partial charge in [-0.3, -0.25) is 14.6 Å². The lowest BCUT2D eigenvalue weighted by atomic mass is 9.97. The molecule has 1 aliphatic heterocycles. The Kier molecular flexibility index (Phi) is 6.59. The van der Waals surface area contributed by atoms with Gasteiger partial charge in [-0.25, -0.2) is 0 Å². The van der Waals surface area contributed by atoms with Crippen LogP contribution >= 0.6 is 0 Å². The van der Waals surface area contributed by atoms with Gasteiger partial charge >= 0.3 is 0 Å². The molecule has 0 bridgehead atoms. The molecule has 7 nitrogen and oxygen atoms in total. The molecule has 2 amide bonds. The van der Waals surface area contributed by atoms with E-state index in [0.29, 0.717) is 31.1 Å². The van der Waals surface area contributed by atoms with Gasteiger partial charge in [-0.1, -0.05) is 31.7 Å². The summed E-state index contributed by atoms with van der Waals surface area (Å²) in [5, 5.41) is 9.23. The summed E-state index contributed by atoms with van der Waals surface area (Å²) < 4.78 is 5.15. The van der Waals surface area contributed by atoms with Crippen molar-refractivity contribution in [2.45, 2.75) is 44.2 Å². The highest BCUT2D eigenvalue weighted by molar-refractivity contribution is 5.98. The average Bonchev–Trinajstić information content (AvgIpc) is 3.24. The van der Waals surface area contributed by atoms with Gasteiger partial charge in [0.2, 0.25) is 5.91 Å². The molecule has 0 unspecified atom stereocenters. The van der Waals surface area contributed by atoms with E-state index in [2.05, 4.69) is 20.9 Å².